The van der Waals surface area contributed by atoms with Gasteiger partial charge in [-0.25, -0.2) is 0 Å². The fourth-order valence-electron chi connectivity index (χ4n) is 2.83. The number of hydrogen-bond acceptors (Lipinski definition) is 4. The third kappa shape index (κ3) is 5.30. The number of nitrogens with one attached hydrogen (secondary N) is 1. The average Bonchev–Trinajstić information content (AvgIpc) is 2.85. The third-order valence-corrected chi connectivity index (χ3v) is 5.12. The lowest BCUT2D eigenvalue weighted by atomic mass is 10.1. The van der Waals surface area contributed by atoms with Crippen molar-refractivity contribution in [1.82, 2.24) is 10.2 Å². The highest BCUT2D eigenvalue weighted by atomic mass is 32.2. The van der Waals surface area contributed by atoms with Crippen molar-refractivity contribution in [3.8, 4) is 0 Å². The number of aliphatic hydroxyl groups excluding tert-OH is 1. The Morgan fingerprint density at radius 3 is 2.86 bits per heavy atom. The van der Waals surface area contributed by atoms with Gasteiger partial charge in [-0.05, 0) is 18.2 Å². The molecule has 1 aromatic rings. The molecule has 2 rings (SSSR count). The van der Waals surface area contributed by atoms with Gasteiger partial charge in [-0.3, -0.25) is 9.69 Å². The van der Waals surface area contributed by atoms with Gasteiger partial charge in [0.1, 0.15) is 0 Å². The number of carbonyl (C=O) groups is 1. The molecular weight excluding hydrogens is 296 g/mol. The minimum absolute atomic E-state index is 0.0999. The molecule has 3 unspecified atom stereocenters. The number of nitrogens with zero attached hydrogens (tertiary/aromatic N) is 1. The molecule has 122 valence electrons. The fraction of sp³-hybridized carbons (Fsp3) is 0.588. The molecule has 5 heteroatoms. The molecule has 1 aliphatic rings. The first-order chi connectivity index (χ1) is 10.6. The number of amides is 1. The molecule has 0 bridgehead atoms. The molecule has 22 heavy (non-hydrogen) atoms. The molecule has 1 saturated heterocycles. The predicted octanol–water partition coefficient (Wildman–Crippen LogP) is 1.88. The van der Waals surface area contributed by atoms with Crippen molar-refractivity contribution in [2.45, 2.75) is 43.7 Å². The number of aliphatic hydroxyl groups is 1. The first kappa shape index (κ1) is 17.3. The van der Waals surface area contributed by atoms with Crippen LogP contribution in [0.25, 0.3) is 0 Å². The highest BCUT2D eigenvalue weighted by Gasteiger charge is 2.30. The summed E-state index contributed by atoms with van der Waals surface area (Å²) in [6.45, 7) is 4.17. The number of likely N-dealkylation sites (tertiary alicyclic amines) is 1. The first-order valence-corrected chi connectivity index (χ1v) is 9.12. The smallest absolute Gasteiger partial charge is 0.221 e. The van der Waals surface area contributed by atoms with Gasteiger partial charge in [0.25, 0.3) is 0 Å². The maximum Gasteiger partial charge on any atom is 0.221 e. The highest BCUT2D eigenvalue weighted by Crippen LogP contribution is 2.20. The van der Waals surface area contributed by atoms with E-state index in [9.17, 15) is 9.90 Å². The number of thioether (sulfide) groups is 1. The van der Waals surface area contributed by atoms with Crippen LogP contribution in [0.3, 0.4) is 0 Å². The molecule has 0 saturated carbocycles. The molecule has 0 radical (unpaired) electrons. The van der Waals surface area contributed by atoms with Gasteiger partial charge < -0.3 is 10.4 Å². The van der Waals surface area contributed by atoms with E-state index in [0.29, 0.717) is 24.8 Å². The Labute approximate surface area is 137 Å². The fourth-order valence-corrected chi connectivity index (χ4v) is 3.15. The normalized spacial score (nSPS) is 23.4. The molecule has 1 aromatic carbocycles. The summed E-state index contributed by atoms with van der Waals surface area (Å²) >= 11 is 1.70. The maximum atomic E-state index is 11.9. The lowest BCUT2D eigenvalue weighted by Crippen LogP contribution is -2.40. The number of hydrogen-bond donors (Lipinski definition) is 2. The van der Waals surface area contributed by atoms with E-state index in [4.69, 9.17) is 0 Å². The Morgan fingerprint density at radius 1 is 1.45 bits per heavy atom. The standard InChI is InChI=1S/C17H26N2O2S/c1-13(22-2)8-17(21)18-10-15-9-16(20)12-19(15)11-14-6-4-3-5-7-14/h3-7,13,15-16,20H,8-12H2,1-2H3,(H,18,21). The van der Waals surface area contributed by atoms with Gasteiger partial charge in [0.15, 0.2) is 0 Å². The minimum Gasteiger partial charge on any atom is -0.392 e. The second-order valence-electron chi connectivity index (χ2n) is 6.01. The van der Waals surface area contributed by atoms with Gasteiger partial charge in [-0.15, -0.1) is 0 Å². The van der Waals surface area contributed by atoms with Gasteiger partial charge in [0.2, 0.25) is 5.91 Å². The van der Waals surface area contributed by atoms with E-state index in [1.54, 1.807) is 11.8 Å². The lowest BCUT2D eigenvalue weighted by Gasteiger charge is -2.24. The summed E-state index contributed by atoms with van der Waals surface area (Å²) in [6, 6.07) is 10.5. The van der Waals surface area contributed by atoms with Crippen molar-refractivity contribution >= 4 is 17.7 Å². The van der Waals surface area contributed by atoms with E-state index in [1.165, 1.54) is 5.56 Å². The van der Waals surface area contributed by atoms with Crippen LogP contribution in [0, 0.1) is 0 Å². The van der Waals surface area contributed by atoms with Crippen LogP contribution >= 0.6 is 11.8 Å². The van der Waals surface area contributed by atoms with Gasteiger partial charge in [0.05, 0.1) is 6.10 Å². The van der Waals surface area contributed by atoms with Gasteiger partial charge in [0, 0.05) is 37.3 Å². The number of rotatable bonds is 7. The molecule has 2 N–H and O–H groups in total. The SMILES string of the molecule is CSC(C)CC(=O)NCC1CC(O)CN1Cc1ccccc1. The number of carbonyl (C=O) groups excluding carboxylic acids is 1. The van der Waals surface area contributed by atoms with Crippen LogP contribution in [-0.4, -0.2) is 52.7 Å². The molecule has 1 aliphatic heterocycles. The van der Waals surface area contributed by atoms with E-state index >= 15 is 0 Å². The zero-order chi connectivity index (χ0) is 15.9. The van der Waals surface area contributed by atoms with Gasteiger partial charge >= 0.3 is 0 Å². The maximum absolute atomic E-state index is 11.9. The summed E-state index contributed by atoms with van der Waals surface area (Å²) < 4.78 is 0. The summed E-state index contributed by atoms with van der Waals surface area (Å²) in [6.07, 6.45) is 3.00. The zero-order valence-corrected chi connectivity index (χ0v) is 14.2. The van der Waals surface area contributed by atoms with Crippen LogP contribution in [0.5, 0.6) is 0 Å². The van der Waals surface area contributed by atoms with Crippen LogP contribution in [-0.2, 0) is 11.3 Å². The molecule has 0 aromatic heterocycles. The summed E-state index contributed by atoms with van der Waals surface area (Å²) in [5.41, 5.74) is 1.24. The van der Waals surface area contributed by atoms with E-state index in [-0.39, 0.29) is 18.1 Å². The second-order valence-corrected chi connectivity index (χ2v) is 7.29. The van der Waals surface area contributed by atoms with E-state index in [2.05, 4.69) is 29.3 Å². The zero-order valence-electron chi connectivity index (χ0n) is 13.4. The molecule has 3 atom stereocenters. The van der Waals surface area contributed by atoms with Crippen molar-refractivity contribution in [3.63, 3.8) is 0 Å². The van der Waals surface area contributed by atoms with Crippen molar-refractivity contribution in [2.75, 3.05) is 19.3 Å². The Kier molecular flexibility index (Phi) is 6.73. The van der Waals surface area contributed by atoms with E-state index in [1.807, 2.05) is 24.5 Å². The Bertz CT molecular complexity index is 469. The summed E-state index contributed by atoms with van der Waals surface area (Å²) in [7, 11) is 0. The van der Waals surface area contributed by atoms with Crippen LogP contribution in [0.15, 0.2) is 30.3 Å². The summed E-state index contributed by atoms with van der Waals surface area (Å²) in [4.78, 5) is 14.2. The van der Waals surface area contributed by atoms with Gasteiger partial charge in [-0.1, -0.05) is 37.3 Å². The molecule has 4 nitrogen and oxygen atoms in total. The summed E-state index contributed by atoms with van der Waals surface area (Å²) in [5.74, 6) is 0.0999. The van der Waals surface area contributed by atoms with E-state index in [0.717, 1.165) is 13.0 Å². The highest BCUT2D eigenvalue weighted by molar-refractivity contribution is 7.99. The van der Waals surface area contributed by atoms with Crippen LogP contribution in [0.4, 0.5) is 0 Å². The quantitative estimate of drug-likeness (QED) is 0.805. The molecule has 1 heterocycles. The van der Waals surface area contributed by atoms with Crippen LogP contribution < -0.4 is 5.32 Å². The van der Waals surface area contributed by atoms with Crippen molar-refractivity contribution in [3.05, 3.63) is 35.9 Å². The monoisotopic (exact) mass is 322 g/mol. The largest absolute Gasteiger partial charge is 0.392 e. The number of β-amino-alcohol motifs (C(OH)–C–C–N with tert-alkyl or cyclic N) is 1. The lowest BCUT2D eigenvalue weighted by molar-refractivity contribution is -0.121. The molecular formula is C17H26N2O2S. The predicted molar refractivity (Wildman–Crippen MR) is 91.9 cm³/mol. The Hall–Kier alpha value is -1.04. The van der Waals surface area contributed by atoms with Crippen LogP contribution in [0.1, 0.15) is 25.3 Å². The van der Waals surface area contributed by atoms with Gasteiger partial charge in [-0.2, -0.15) is 11.8 Å². The topological polar surface area (TPSA) is 52.6 Å². The van der Waals surface area contributed by atoms with Crippen molar-refractivity contribution < 1.29 is 9.90 Å². The molecule has 0 spiro atoms. The Morgan fingerprint density at radius 2 is 2.18 bits per heavy atom. The third-order valence-electron chi connectivity index (χ3n) is 4.14. The molecule has 1 amide bonds. The second kappa shape index (κ2) is 8.56. The van der Waals surface area contributed by atoms with Crippen molar-refractivity contribution in [1.29, 1.82) is 0 Å². The molecule has 1 fully saturated rings. The van der Waals surface area contributed by atoms with E-state index < -0.39 is 0 Å². The number of benzene rings is 1. The Balaban J connectivity index is 1.84. The van der Waals surface area contributed by atoms with Crippen molar-refractivity contribution in [2.24, 2.45) is 0 Å². The average molecular weight is 322 g/mol. The van der Waals surface area contributed by atoms with Crippen LogP contribution in [0.2, 0.25) is 0 Å². The first-order valence-electron chi connectivity index (χ1n) is 7.84. The minimum atomic E-state index is -0.296. The molecule has 0 aliphatic carbocycles. The summed E-state index contributed by atoms with van der Waals surface area (Å²) in [5, 5.41) is 13.3.